The van der Waals surface area contributed by atoms with Crippen LogP contribution in [-0.2, 0) is 6.42 Å². The number of nitrogens with two attached hydrogens (primary N) is 1. The Morgan fingerprint density at radius 3 is 2.29 bits per heavy atom. The van der Waals surface area contributed by atoms with Crippen molar-refractivity contribution in [3.63, 3.8) is 0 Å². The molecular weight excluding hydrogens is 298 g/mol. The van der Waals surface area contributed by atoms with Gasteiger partial charge in [-0.2, -0.15) is 0 Å². The highest BCUT2D eigenvalue weighted by Gasteiger charge is 1.90. The van der Waals surface area contributed by atoms with Crippen LogP contribution in [0.3, 0.4) is 0 Å². The molecule has 0 radical (unpaired) electrons. The molecule has 2 rings (SSSR count). The molecule has 0 saturated carbocycles. The fraction of sp³-hybridized carbons (Fsp3) is 0.375. The zero-order valence-electron chi connectivity index (χ0n) is 12.9. The second kappa shape index (κ2) is 13.4. The predicted octanol–water partition coefficient (Wildman–Crippen LogP) is 4.78. The summed E-state index contributed by atoms with van der Waals surface area (Å²) in [5.41, 5.74) is 7.77. The van der Waals surface area contributed by atoms with Crippen molar-refractivity contribution in [3.8, 4) is 0 Å². The van der Waals surface area contributed by atoms with E-state index >= 15 is 0 Å². The van der Waals surface area contributed by atoms with Gasteiger partial charge < -0.3 is 5.73 Å². The van der Waals surface area contributed by atoms with E-state index in [1.165, 1.54) is 28.9 Å². The number of benzene rings is 1. The van der Waals surface area contributed by atoms with Crippen LogP contribution in [0.4, 0.5) is 5.13 Å². The van der Waals surface area contributed by atoms with Gasteiger partial charge in [0.2, 0.25) is 0 Å². The molecule has 0 aliphatic rings. The number of isothiocyanates is 1. The van der Waals surface area contributed by atoms with E-state index in [1.807, 2.05) is 5.38 Å². The minimum absolute atomic E-state index is 0.634. The lowest BCUT2D eigenvalue weighted by Crippen LogP contribution is -1.88. The van der Waals surface area contributed by atoms with Crippen LogP contribution in [0.5, 0.6) is 0 Å². The lowest BCUT2D eigenvalue weighted by Gasteiger charge is -1.97. The number of thiazole rings is 1. The molecule has 3 nitrogen and oxygen atoms in total. The molecule has 0 spiro atoms. The molecule has 0 aliphatic heterocycles. The molecule has 1 aromatic carbocycles. The van der Waals surface area contributed by atoms with Crippen LogP contribution in [-0.4, -0.2) is 16.7 Å². The third-order valence-electron chi connectivity index (χ3n) is 2.15. The van der Waals surface area contributed by atoms with Crippen molar-refractivity contribution in [1.82, 2.24) is 4.98 Å². The van der Waals surface area contributed by atoms with Crippen LogP contribution in [0.2, 0.25) is 0 Å². The number of thiocarbonyl (C=S) groups is 1. The van der Waals surface area contributed by atoms with Gasteiger partial charge in [0.15, 0.2) is 5.13 Å². The van der Waals surface area contributed by atoms with Gasteiger partial charge in [-0.1, -0.05) is 50.1 Å². The number of rotatable bonds is 3. The van der Waals surface area contributed by atoms with E-state index in [0.717, 1.165) is 13.0 Å². The van der Waals surface area contributed by atoms with Crippen LogP contribution in [0.25, 0.3) is 0 Å². The smallest absolute Gasteiger partial charge is 0.179 e. The third-order valence-corrected chi connectivity index (χ3v) is 2.88. The fourth-order valence-electron chi connectivity index (χ4n) is 1.22. The predicted molar refractivity (Wildman–Crippen MR) is 97.3 cm³/mol. The van der Waals surface area contributed by atoms with E-state index in [1.54, 1.807) is 6.20 Å². The summed E-state index contributed by atoms with van der Waals surface area (Å²) >= 11 is 5.92. The standard InChI is InChI=1S/C10H11NS.C3H4N2S.C3H8/c1-9-2-4-10(5-3-9)6-7-11-8-12;4-3-5-1-2-6-3;1-3-2/h2-5H,6-7H2,1H3;1-2H,(H2,4,5);3H2,1-2H3. The first-order chi connectivity index (χ1) is 10.1. The maximum atomic E-state index is 5.19. The highest BCUT2D eigenvalue weighted by atomic mass is 32.1. The Hall–Kier alpha value is -1.55. The van der Waals surface area contributed by atoms with Crippen LogP contribution < -0.4 is 5.73 Å². The first-order valence-electron chi connectivity index (χ1n) is 6.88. The molecule has 1 aromatic heterocycles. The Morgan fingerprint density at radius 2 is 1.90 bits per heavy atom. The van der Waals surface area contributed by atoms with Crippen molar-refractivity contribution in [2.75, 3.05) is 12.3 Å². The highest BCUT2D eigenvalue weighted by molar-refractivity contribution is 7.78. The summed E-state index contributed by atoms with van der Waals surface area (Å²) in [6.07, 6.45) is 3.88. The van der Waals surface area contributed by atoms with Gasteiger partial charge in [0.1, 0.15) is 0 Å². The maximum absolute atomic E-state index is 5.19. The Bertz CT molecular complexity index is 501. The van der Waals surface area contributed by atoms with Crippen molar-refractivity contribution < 1.29 is 0 Å². The average Bonchev–Trinajstić information content (AvgIpc) is 2.94. The van der Waals surface area contributed by atoms with Crippen molar-refractivity contribution in [2.45, 2.75) is 33.6 Å². The van der Waals surface area contributed by atoms with E-state index in [0.29, 0.717) is 5.13 Å². The molecule has 5 heteroatoms. The molecule has 114 valence electrons. The fourth-order valence-corrected chi connectivity index (χ4v) is 1.69. The van der Waals surface area contributed by atoms with Crippen LogP contribution in [0.1, 0.15) is 31.4 Å². The van der Waals surface area contributed by atoms with Crippen molar-refractivity contribution >= 4 is 33.8 Å². The number of aliphatic imine (C=N–C) groups is 1. The second-order valence-electron chi connectivity index (χ2n) is 4.29. The highest BCUT2D eigenvalue weighted by Crippen LogP contribution is 2.03. The van der Waals surface area contributed by atoms with Crippen molar-refractivity contribution in [1.29, 1.82) is 0 Å². The molecule has 0 aliphatic carbocycles. The van der Waals surface area contributed by atoms with Gasteiger partial charge in [-0.15, -0.1) is 11.3 Å². The molecular formula is C16H23N3S2. The van der Waals surface area contributed by atoms with Gasteiger partial charge in [-0.25, -0.2) is 9.98 Å². The van der Waals surface area contributed by atoms with Gasteiger partial charge in [0.25, 0.3) is 0 Å². The molecule has 0 unspecified atom stereocenters. The zero-order valence-corrected chi connectivity index (χ0v) is 14.5. The van der Waals surface area contributed by atoms with E-state index in [-0.39, 0.29) is 0 Å². The summed E-state index contributed by atoms with van der Waals surface area (Å²) in [6.45, 7) is 7.07. The van der Waals surface area contributed by atoms with Gasteiger partial charge in [-0.3, -0.25) is 0 Å². The molecule has 0 atom stereocenters. The van der Waals surface area contributed by atoms with E-state index in [2.05, 4.69) is 72.4 Å². The summed E-state index contributed by atoms with van der Waals surface area (Å²) < 4.78 is 0. The van der Waals surface area contributed by atoms with E-state index in [9.17, 15) is 0 Å². The summed E-state index contributed by atoms with van der Waals surface area (Å²) in [6, 6.07) is 8.45. The minimum atomic E-state index is 0.634. The molecule has 0 fully saturated rings. The molecule has 1 heterocycles. The number of hydrogen-bond acceptors (Lipinski definition) is 5. The zero-order chi connectivity index (χ0) is 15.9. The summed E-state index contributed by atoms with van der Waals surface area (Å²) in [5, 5.41) is 4.83. The summed E-state index contributed by atoms with van der Waals surface area (Å²) in [4.78, 5) is 7.57. The average molecular weight is 322 g/mol. The lowest BCUT2D eigenvalue weighted by molar-refractivity contribution is 0.975. The van der Waals surface area contributed by atoms with Crippen molar-refractivity contribution in [2.24, 2.45) is 4.99 Å². The van der Waals surface area contributed by atoms with E-state index < -0.39 is 0 Å². The van der Waals surface area contributed by atoms with Crippen LogP contribution >= 0.6 is 23.6 Å². The lowest BCUT2D eigenvalue weighted by atomic mass is 10.1. The van der Waals surface area contributed by atoms with Crippen molar-refractivity contribution in [3.05, 3.63) is 47.0 Å². The summed E-state index contributed by atoms with van der Waals surface area (Å²) in [7, 11) is 0. The number of nitrogens with zero attached hydrogens (tertiary/aromatic N) is 2. The number of anilines is 1. The molecule has 0 saturated heterocycles. The molecule has 21 heavy (non-hydrogen) atoms. The quantitative estimate of drug-likeness (QED) is 0.653. The second-order valence-corrected chi connectivity index (χ2v) is 5.39. The first kappa shape index (κ1) is 19.4. The Labute approximate surface area is 137 Å². The third kappa shape index (κ3) is 11.9. The Balaban J connectivity index is 0.000000369. The van der Waals surface area contributed by atoms with Gasteiger partial charge in [-0.05, 0) is 31.1 Å². The monoisotopic (exact) mass is 321 g/mol. The summed E-state index contributed by atoms with van der Waals surface area (Å²) in [5.74, 6) is 0. The largest absolute Gasteiger partial charge is 0.375 e. The SMILES string of the molecule is CCC.Cc1ccc(CCN=C=S)cc1.Nc1nccs1. The topological polar surface area (TPSA) is 51.3 Å². The Morgan fingerprint density at radius 1 is 1.29 bits per heavy atom. The molecule has 2 aromatic rings. The van der Waals surface area contributed by atoms with Crippen LogP contribution in [0.15, 0.2) is 40.8 Å². The number of nitrogen functional groups attached to an aromatic ring is 1. The number of aryl methyl sites for hydroxylation is 1. The minimum Gasteiger partial charge on any atom is -0.375 e. The first-order valence-corrected chi connectivity index (χ1v) is 8.16. The molecule has 0 amide bonds. The maximum Gasteiger partial charge on any atom is 0.179 e. The van der Waals surface area contributed by atoms with Crippen LogP contribution in [0, 0.1) is 6.92 Å². The Kier molecular flexibility index (Phi) is 12.4. The number of aromatic nitrogens is 1. The molecule has 2 N–H and O–H groups in total. The van der Waals surface area contributed by atoms with E-state index in [4.69, 9.17) is 5.73 Å². The van der Waals surface area contributed by atoms with Gasteiger partial charge in [0, 0.05) is 11.6 Å². The normalized spacial score (nSPS) is 8.52. The van der Waals surface area contributed by atoms with Gasteiger partial charge >= 0.3 is 0 Å². The van der Waals surface area contributed by atoms with Gasteiger partial charge in [0.05, 0.1) is 11.7 Å². The molecule has 0 bridgehead atoms. The number of hydrogen-bond donors (Lipinski definition) is 1.